The number of benzene rings is 1. The third-order valence-corrected chi connectivity index (χ3v) is 2.94. The van der Waals surface area contributed by atoms with Gasteiger partial charge in [-0.1, -0.05) is 31.0 Å². The molecule has 4 N–H and O–H groups in total. The van der Waals surface area contributed by atoms with Gasteiger partial charge in [0.25, 0.3) is 0 Å². The van der Waals surface area contributed by atoms with Gasteiger partial charge in [0.15, 0.2) is 5.84 Å². The molecule has 5 heteroatoms. The summed E-state index contributed by atoms with van der Waals surface area (Å²) in [6.45, 7) is 3.99. The van der Waals surface area contributed by atoms with Crippen molar-refractivity contribution in [2.75, 3.05) is 13.7 Å². The second-order valence-corrected chi connectivity index (χ2v) is 4.40. The van der Waals surface area contributed by atoms with Crippen LogP contribution in [-0.4, -0.2) is 24.7 Å². The van der Waals surface area contributed by atoms with Gasteiger partial charge < -0.3 is 21.0 Å². The molecule has 0 fully saturated rings. The summed E-state index contributed by atoms with van der Waals surface area (Å²) in [7, 11) is 1.57. The van der Waals surface area contributed by atoms with Crippen LogP contribution in [0.25, 0.3) is 0 Å². The van der Waals surface area contributed by atoms with E-state index in [1.165, 1.54) is 19.3 Å². The van der Waals surface area contributed by atoms with Crippen LogP contribution in [0.2, 0.25) is 0 Å². The van der Waals surface area contributed by atoms with Crippen molar-refractivity contribution in [2.24, 2.45) is 10.9 Å². The summed E-state index contributed by atoms with van der Waals surface area (Å²) in [5.74, 6) is 0.669. The Labute approximate surface area is 114 Å². The maximum atomic E-state index is 8.70. The minimum Gasteiger partial charge on any atom is -0.496 e. The molecule has 0 aliphatic rings. The van der Waals surface area contributed by atoms with E-state index in [0.717, 1.165) is 18.7 Å². The van der Waals surface area contributed by atoms with E-state index in [1.54, 1.807) is 13.2 Å². The highest BCUT2D eigenvalue weighted by Gasteiger charge is 2.08. The van der Waals surface area contributed by atoms with Gasteiger partial charge in [-0.2, -0.15) is 0 Å². The summed E-state index contributed by atoms with van der Waals surface area (Å²) in [6, 6.07) is 5.65. The normalized spacial score (nSPS) is 11.6. The van der Waals surface area contributed by atoms with Crippen LogP contribution in [0.3, 0.4) is 0 Å². The number of methoxy groups -OCH3 is 1. The second kappa shape index (κ2) is 8.37. The van der Waals surface area contributed by atoms with Crippen molar-refractivity contribution in [3.63, 3.8) is 0 Å². The molecule has 1 rings (SSSR count). The predicted molar refractivity (Wildman–Crippen MR) is 76.7 cm³/mol. The van der Waals surface area contributed by atoms with Gasteiger partial charge >= 0.3 is 0 Å². The standard InChI is InChI=1S/C14H23N3O2/c1-3-4-5-8-16-10-11-6-7-12(14(15)17-18)13(9-11)19-2/h6-7,9,16,18H,3-5,8,10H2,1-2H3,(H2,15,17). The van der Waals surface area contributed by atoms with Gasteiger partial charge in [-0.3, -0.25) is 0 Å². The lowest BCUT2D eigenvalue weighted by atomic mass is 10.1. The van der Waals surface area contributed by atoms with Crippen LogP contribution in [-0.2, 0) is 6.54 Å². The maximum Gasteiger partial charge on any atom is 0.173 e. The first kappa shape index (κ1) is 15.3. The van der Waals surface area contributed by atoms with E-state index in [2.05, 4.69) is 17.4 Å². The van der Waals surface area contributed by atoms with Crippen LogP contribution in [0.5, 0.6) is 5.75 Å². The zero-order valence-electron chi connectivity index (χ0n) is 11.6. The van der Waals surface area contributed by atoms with Crippen LogP contribution < -0.4 is 15.8 Å². The monoisotopic (exact) mass is 265 g/mol. The molecule has 1 aromatic rings. The molecule has 106 valence electrons. The Morgan fingerprint density at radius 2 is 2.21 bits per heavy atom. The molecule has 0 aromatic heterocycles. The summed E-state index contributed by atoms with van der Waals surface area (Å²) in [6.07, 6.45) is 3.67. The SMILES string of the molecule is CCCCCNCc1ccc(/C(N)=N/O)c(OC)c1. The number of rotatable bonds is 8. The average molecular weight is 265 g/mol. The molecule has 0 aliphatic heterocycles. The molecule has 0 heterocycles. The Bertz CT molecular complexity index is 419. The van der Waals surface area contributed by atoms with E-state index >= 15 is 0 Å². The molecular weight excluding hydrogens is 242 g/mol. The summed E-state index contributed by atoms with van der Waals surface area (Å²) in [5.41, 5.74) is 7.29. The van der Waals surface area contributed by atoms with Gasteiger partial charge in [0, 0.05) is 6.54 Å². The van der Waals surface area contributed by atoms with Crippen molar-refractivity contribution in [1.29, 1.82) is 0 Å². The predicted octanol–water partition coefficient (Wildman–Crippen LogP) is 2.07. The van der Waals surface area contributed by atoms with Crippen molar-refractivity contribution >= 4 is 5.84 Å². The molecule has 0 saturated carbocycles. The maximum absolute atomic E-state index is 8.70. The first-order valence-electron chi connectivity index (χ1n) is 6.58. The fourth-order valence-corrected chi connectivity index (χ4v) is 1.84. The number of amidine groups is 1. The van der Waals surface area contributed by atoms with Crippen LogP contribution >= 0.6 is 0 Å². The first-order chi connectivity index (χ1) is 9.22. The van der Waals surface area contributed by atoms with E-state index < -0.39 is 0 Å². The smallest absolute Gasteiger partial charge is 0.173 e. The Hall–Kier alpha value is -1.75. The minimum absolute atomic E-state index is 0.0549. The van der Waals surface area contributed by atoms with Crippen LogP contribution in [0.1, 0.15) is 37.3 Å². The van der Waals surface area contributed by atoms with Gasteiger partial charge in [0.1, 0.15) is 5.75 Å². The number of oxime groups is 1. The molecule has 5 nitrogen and oxygen atoms in total. The first-order valence-corrected chi connectivity index (χ1v) is 6.58. The third-order valence-electron chi connectivity index (χ3n) is 2.94. The number of unbranched alkanes of at least 4 members (excludes halogenated alkanes) is 2. The lowest BCUT2D eigenvalue weighted by Gasteiger charge is -2.10. The molecule has 0 aliphatic carbocycles. The molecule has 0 unspecified atom stereocenters. The van der Waals surface area contributed by atoms with Crippen LogP contribution in [0, 0.1) is 0 Å². The molecule has 0 saturated heterocycles. The van der Waals surface area contributed by atoms with Crippen LogP contribution in [0.15, 0.2) is 23.4 Å². The number of ether oxygens (including phenoxy) is 1. The summed E-state index contributed by atoms with van der Waals surface area (Å²) in [5, 5.41) is 15.1. The minimum atomic E-state index is 0.0549. The van der Waals surface area contributed by atoms with E-state index in [-0.39, 0.29) is 5.84 Å². The third kappa shape index (κ3) is 4.79. The summed E-state index contributed by atoms with van der Waals surface area (Å²) < 4.78 is 5.25. The Morgan fingerprint density at radius 1 is 1.42 bits per heavy atom. The molecule has 0 atom stereocenters. The molecule has 0 bridgehead atoms. The highest BCUT2D eigenvalue weighted by molar-refractivity contribution is 5.99. The fourth-order valence-electron chi connectivity index (χ4n) is 1.84. The number of hydrogen-bond donors (Lipinski definition) is 3. The quantitative estimate of drug-likeness (QED) is 0.221. The van der Waals surface area contributed by atoms with Gasteiger partial charge in [0.2, 0.25) is 0 Å². The Kier molecular flexibility index (Phi) is 6.74. The number of nitrogens with two attached hydrogens (primary N) is 1. The van der Waals surface area contributed by atoms with Crippen molar-refractivity contribution in [1.82, 2.24) is 5.32 Å². The van der Waals surface area contributed by atoms with Crippen molar-refractivity contribution < 1.29 is 9.94 Å². The van der Waals surface area contributed by atoms with Crippen molar-refractivity contribution in [2.45, 2.75) is 32.7 Å². The van der Waals surface area contributed by atoms with Crippen molar-refractivity contribution in [3.05, 3.63) is 29.3 Å². The Balaban J connectivity index is 2.62. The van der Waals surface area contributed by atoms with Crippen molar-refractivity contribution in [3.8, 4) is 5.75 Å². The Morgan fingerprint density at radius 3 is 2.84 bits per heavy atom. The molecule has 0 amide bonds. The largest absolute Gasteiger partial charge is 0.496 e. The molecule has 1 aromatic carbocycles. The lowest BCUT2D eigenvalue weighted by Crippen LogP contribution is -2.17. The lowest BCUT2D eigenvalue weighted by molar-refractivity contribution is 0.318. The number of nitrogens with zero attached hydrogens (tertiary/aromatic N) is 1. The molecule has 0 radical (unpaired) electrons. The molecular formula is C14H23N3O2. The zero-order valence-corrected chi connectivity index (χ0v) is 11.6. The number of hydrogen-bond acceptors (Lipinski definition) is 4. The van der Waals surface area contributed by atoms with Gasteiger partial charge in [0.05, 0.1) is 12.7 Å². The van der Waals surface area contributed by atoms with E-state index in [9.17, 15) is 0 Å². The average Bonchev–Trinajstić information content (AvgIpc) is 2.46. The molecule has 19 heavy (non-hydrogen) atoms. The van der Waals surface area contributed by atoms with Gasteiger partial charge in [-0.25, -0.2) is 0 Å². The van der Waals surface area contributed by atoms with Crippen LogP contribution in [0.4, 0.5) is 0 Å². The highest BCUT2D eigenvalue weighted by atomic mass is 16.5. The second-order valence-electron chi connectivity index (χ2n) is 4.40. The van der Waals surface area contributed by atoms with E-state index in [0.29, 0.717) is 11.3 Å². The van der Waals surface area contributed by atoms with E-state index in [1.807, 2.05) is 12.1 Å². The number of nitrogens with one attached hydrogen (secondary N) is 1. The molecule has 0 spiro atoms. The fraction of sp³-hybridized carbons (Fsp3) is 0.500. The van der Waals surface area contributed by atoms with Gasteiger partial charge in [-0.05, 0) is 30.7 Å². The topological polar surface area (TPSA) is 79.9 Å². The van der Waals surface area contributed by atoms with Gasteiger partial charge in [-0.15, -0.1) is 0 Å². The summed E-state index contributed by atoms with van der Waals surface area (Å²) in [4.78, 5) is 0. The van der Waals surface area contributed by atoms with E-state index in [4.69, 9.17) is 15.7 Å². The summed E-state index contributed by atoms with van der Waals surface area (Å²) >= 11 is 0. The zero-order chi connectivity index (χ0) is 14.1. The highest BCUT2D eigenvalue weighted by Crippen LogP contribution is 2.20.